The Morgan fingerprint density at radius 3 is 1.04 bits per heavy atom. The number of nitrogens with one attached hydrogen (secondary N) is 3. The van der Waals surface area contributed by atoms with Gasteiger partial charge in [-0.3, -0.25) is 34.0 Å². The zero-order valence-electron chi connectivity index (χ0n) is 74.0. The number of carbonyl (C=O) groups is 6. The number of hydrogen-bond acceptors (Lipinski definition) is 43. The Labute approximate surface area is 765 Å². The third kappa shape index (κ3) is 55.2. The third-order valence-electron chi connectivity index (χ3n) is 17.7. The number of unbranched alkanes of at least 4 members (excludes halogenated alkanes) is 2. The summed E-state index contributed by atoms with van der Waals surface area (Å²) in [5.41, 5.74) is 0. The van der Waals surface area contributed by atoms with Gasteiger partial charge < -0.3 is 154 Å². The van der Waals surface area contributed by atoms with Gasteiger partial charge in [-0.25, -0.2) is 13.2 Å². The first-order chi connectivity index (χ1) is 63.8. The predicted octanol–water partition coefficient (Wildman–Crippen LogP) is 1.02. The second kappa shape index (κ2) is 78.3. The van der Waals surface area contributed by atoms with Gasteiger partial charge in [-0.05, 0) is 53.6 Å². The molecule has 3 N–H and O–H groups in total. The van der Waals surface area contributed by atoms with Crippen molar-refractivity contribution >= 4 is 102 Å². The Bertz CT molecular complexity index is 3670. The number of ether oxygens (including phenoxy) is 25. The molecular formula is C82H129N4O41S3-3. The molecule has 1 heterocycles. The molecule has 744 valence electrons. The van der Waals surface area contributed by atoms with Crippen LogP contribution in [0.3, 0.4) is 0 Å². The Hall–Kier alpha value is -5.85. The van der Waals surface area contributed by atoms with Crippen LogP contribution >= 0.6 is 24.1 Å². The molecular weight excluding hydrogens is 1790 g/mol. The average molecular weight is 1920 g/mol. The van der Waals surface area contributed by atoms with E-state index in [1.54, 1.807) is 19.2 Å². The molecule has 0 bridgehead atoms. The lowest BCUT2D eigenvalue weighted by Crippen LogP contribution is -2.49. The monoisotopic (exact) mass is 1920 g/mol. The van der Waals surface area contributed by atoms with Gasteiger partial charge in [0.2, 0.25) is 11.8 Å². The number of hydrogen-bond donors (Lipinski definition) is 3. The maximum Gasteiger partial charge on any atom is 0.333 e. The first-order valence-electron chi connectivity index (χ1n) is 43.1. The summed E-state index contributed by atoms with van der Waals surface area (Å²) in [5, 5.41) is 38.8. The van der Waals surface area contributed by atoms with E-state index in [0.29, 0.717) is 343 Å². The average Bonchev–Trinajstić information content (AvgIpc) is 0.766. The van der Waals surface area contributed by atoms with E-state index < -0.39 is 63.2 Å². The normalized spacial score (nSPS) is 12.8. The molecule has 1 aliphatic heterocycles. The highest BCUT2D eigenvalue weighted by Gasteiger charge is 2.33. The summed E-state index contributed by atoms with van der Waals surface area (Å²) in [5.74, 6) is -3.88. The van der Waals surface area contributed by atoms with Crippen molar-refractivity contribution in [2.24, 2.45) is 0 Å². The molecule has 0 aromatic heterocycles. The fourth-order valence-electron chi connectivity index (χ4n) is 11.5. The molecule has 4 aromatic carbocycles. The van der Waals surface area contributed by atoms with Crippen LogP contribution in [0.2, 0.25) is 0 Å². The minimum atomic E-state index is -5.15. The van der Waals surface area contributed by atoms with Crippen LogP contribution in [0.4, 0.5) is 0 Å². The van der Waals surface area contributed by atoms with Crippen LogP contribution in [-0.4, -0.2) is 397 Å². The minimum Gasteiger partial charge on any atom is -0.744 e. The standard InChI is InChI=1S/C82H132N4O41S3/c1-98-17-18-100-21-22-102-25-26-104-29-30-106-33-34-108-37-38-110-41-42-112-45-46-114-49-50-116-53-54-118-57-58-120-61-62-121-60-59-119-56-55-117-52-51-115-48-47-113-44-43-111-40-39-109-36-35-107-32-31-105-28-27-103-24-23-101-20-19-99-16-15-84-82(92)70(10-11-75(87)83-14-4-2-3-5-79(91)123-86-77(89)12-13-78(86)90)85-76(88)65-122-71-63-72(128-126-124-93)67-7-8-68-73(129-127-125-94)64-74(130(95,96)97)69-9-6-66(71)80(67)81(68)69/h6-9,63-64,70,93-94H,2-5,10-62,65H2,1H3,(H,83,87)(H,84,92)(H,85,88)(H,95,96,97)/p-3. The highest BCUT2D eigenvalue weighted by Crippen LogP contribution is 2.47. The Morgan fingerprint density at radius 1 is 0.385 bits per heavy atom. The van der Waals surface area contributed by atoms with E-state index >= 15 is 0 Å². The molecule has 4 aromatic rings. The van der Waals surface area contributed by atoms with Gasteiger partial charge in [-0.2, -0.15) is 8.67 Å². The second-order valence-corrected chi connectivity index (χ2v) is 30.1. The van der Waals surface area contributed by atoms with Crippen molar-refractivity contribution < 1.29 is 194 Å². The highest BCUT2D eigenvalue weighted by atomic mass is 32.2. The number of benzene rings is 4. The number of nitrogens with zero attached hydrogens (tertiary/aromatic N) is 1. The molecule has 1 unspecified atom stereocenters. The molecule has 45 nitrogen and oxygen atoms in total. The maximum absolute atomic E-state index is 13.7. The number of imide groups is 1. The SMILES string of the molecule is COCCOCCOCCOCCOCCOCCOCCOCCOCCOCCOCCOCCOCCOCCOCCOCCOCCOCCOCCOCCOCCOCCOCCOCCNC(=O)C(CCC(=O)NCCCCCC(=O)ON1C(=O)CCC1=O)NC(=O)COc1cc(SOO[O-])c2ccc3c(SOO[O-])cc(S(=O)(=O)[O-])c4ccc1c2c34. The maximum atomic E-state index is 13.7. The van der Waals surface area contributed by atoms with Gasteiger partial charge in [0.1, 0.15) is 21.9 Å². The number of hydroxylamine groups is 2. The van der Waals surface area contributed by atoms with E-state index in [4.69, 9.17) is 123 Å². The lowest BCUT2D eigenvalue weighted by molar-refractivity contribution is -0.777. The van der Waals surface area contributed by atoms with E-state index in [0.717, 1.165) is 6.07 Å². The van der Waals surface area contributed by atoms with Crippen LogP contribution in [0.25, 0.3) is 32.3 Å². The third-order valence-corrected chi connectivity index (χ3v) is 19.9. The van der Waals surface area contributed by atoms with Gasteiger partial charge in [0, 0.05) is 66.9 Å². The molecule has 0 saturated carbocycles. The van der Waals surface area contributed by atoms with Crippen LogP contribution in [-0.2, 0) is 176 Å². The van der Waals surface area contributed by atoms with Crippen molar-refractivity contribution in [3.05, 3.63) is 36.4 Å². The van der Waals surface area contributed by atoms with Gasteiger partial charge in [-0.1, -0.05) is 24.6 Å². The van der Waals surface area contributed by atoms with Crippen LogP contribution in [0.5, 0.6) is 5.75 Å². The smallest absolute Gasteiger partial charge is 0.333 e. The topological polar surface area (TPSA) is 522 Å². The largest absolute Gasteiger partial charge is 0.744 e. The summed E-state index contributed by atoms with van der Waals surface area (Å²) < 4.78 is 185. The van der Waals surface area contributed by atoms with E-state index in [9.17, 15) is 52.3 Å². The molecule has 0 spiro atoms. The number of amides is 5. The zero-order valence-corrected chi connectivity index (χ0v) is 76.4. The number of carbonyl (C=O) groups excluding carboxylic acids is 6. The molecule has 1 fully saturated rings. The Morgan fingerprint density at radius 2 is 0.700 bits per heavy atom. The van der Waals surface area contributed by atoms with Crippen LogP contribution in [0, 0.1) is 0 Å². The lowest BCUT2D eigenvalue weighted by Gasteiger charge is -2.21. The summed E-state index contributed by atoms with van der Waals surface area (Å²) in [6.07, 6.45) is 0.731. The Balaban J connectivity index is 0.751. The molecule has 1 saturated heterocycles. The van der Waals surface area contributed by atoms with Crippen molar-refractivity contribution in [2.75, 3.05) is 337 Å². The summed E-state index contributed by atoms with van der Waals surface area (Å²) in [6, 6.07) is 7.06. The quantitative estimate of drug-likeness (QED) is 0.0106. The second-order valence-electron chi connectivity index (χ2n) is 27.2. The molecule has 1 atom stereocenters. The van der Waals surface area contributed by atoms with E-state index in [-0.39, 0.29) is 109 Å². The lowest BCUT2D eigenvalue weighted by atomic mass is 9.93. The van der Waals surface area contributed by atoms with Crippen molar-refractivity contribution in [2.45, 2.75) is 72.1 Å². The molecule has 5 amide bonds. The van der Waals surface area contributed by atoms with Crippen molar-refractivity contribution in [1.82, 2.24) is 21.0 Å². The first-order valence-corrected chi connectivity index (χ1v) is 46.0. The van der Waals surface area contributed by atoms with Gasteiger partial charge in [0.25, 0.3) is 17.7 Å². The molecule has 0 radical (unpaired) electrons. The molecule has 48 heteroatoms. The minimum absolute atomic E-state index is 0.000602. The van der Waals surface area contributed by atoms with Crippen molar-refractivity contribution in [3.63, 3.8) is 0 Å². The van der Waals surface area contributed by atoms with Crippen molar-refractivity contribution in [3.8, 4) is 5.75 Å². The van der Waals surface area contributed by atoms with Crippen LogP contribution in [0.15, 0.2) is 51.1 Å². The molecule has 5 rings (SSSR count). The first kappa shape index (κ1) is 115. The van der Waals surface area contributed by atoms with Gasteiger partial charge in [-0.15, -0.1) is 5.06 Å². The summed E-state index contributed by atoms with van der Waals surface area (Å²) in [6.45, 7) is 19.7. The predicted molar refractivity (Wildman–Crippen MR) is 453 cm³/mol. The fourth-order valence-corrected chi connectivity index (χ4v) is 13.3. The zero-order chi connectivity index (χ0) is 92.9. The van der Waals surface area contributed by atoms with E-state index in [1.807, 2.05) is 0 Å². The molecule has 0 aliphatic carbocycles. The fraction of sp³-hybridized carbons (Fsp3) is 0.732. The number of rotatable bonds is 94. The summed E-state index contributed by atoms with van der Waals surface area (Å²) in [4.78, 5) is 80.6. The van der Waals surface area contributed by atoms with E-state index in [1.165, 1.54) is 18.2 Å². The van der Waals surface area contributed by atoms with Crippen LogP contribution < -0.4 is 31.2 Å². The van der Waals surface area contributed by atoms with Crippen molar-refractivity contribution in [1.29, 1.82) is 0 Å². The van der Waals surface area contributed by atoms with E-state index in [2.05, 4.69) is 34.7 Å². The molecule has 130 heavy (non-hydrogen) atoms. The number of methoxy groups -OCH3 is 1. The van der Waals surface area contributed by atoms with Gasteiger partial charge in [0.15, 0.2) is 6.61 Å². The van der Waals surface area contributed by atoms with Gasteiger partial charge >= 0.3 is 5.97 Å². The summed E-state index contributed by atoms with van der Waals surface area (Å²) >= 11 is 0.803. The van der Waals surface area contributed by atoms with Crippen LogP contribution in [0.1, 0.15) is 51.4 Å². The highest BCUT2D eigenvalue weighted by molar-refractivity contribution is 7.95. The molecule has 1 aliphatic rings. The Kier molecular flexibility index (Phi) is 69.1. The van der Waals surface area contributed by atoms with Gasteiger partial charge in [0.05, 0.1) is 344 Å². The summed E-state index contributed by atoms with van der Waals surface area (Å²) in [7, 11) is -3.51.